The van der Waals surface area contributed by atoms with Gasteiger partial charge in [-0.05, 0) is 37.2 Å². The molecule has 0 radical (unpaired) electrons. The van der Waals surface area contributed by atoms with E-state index < -0.39 is 0 Å². The molecule has 2 heterocycles. The fraction of sp³-hybridized carbons (Fsp3) is 0.235. The van der Waals surface area contributed by atoms with Gasteiger partial charge in [0.2, 0.25) is 0 Å². The summed E-state index contributed by atoms with van der Waals surface area (Å²) in [6.45, 7) is 3.80. The number of benzene rings is 1. The Kier molecular flexibility index (Phi) is 3.88. The van der Waals surface area contributed by atoms with Gasteiger partial charge in [-0.1, -0.05) is 12.1 Å². The van der Waals surface area contributed by atoms with Gasteiger partial charge in [0.1, 0.15) is 0 Å². The van der Waals surface area contributed by atoms with Crippen LogP contribution in [0.25, 0.3) is 10.9 Å². The van der Waals surface area contributed by atoms with E-state index in [0.29, 0.717) is 0 Å². The van der Waals surface area contributed by atoms with E-state index >= 15 is 0 Å². The lowest BCUT2D eigenvalue weighted by Gasteiger charge is -2.19. The zero-order valence-electron chi connectivity index (χ0n) is 12.3. The van der Waals surface area contributed by atoms with Crippen LogP contribution in [0.4, 0.5) is 0 Å². The first-order valence-electron chi connectivity index (χ1n) is 7.00. The molecule has 0 aliphatic heterocycles. The fourth-order valence-electron chi connectivity index (χ4n) is 2.55. The highest BCUT2D eigenvalue weighted by molar-refractivity contribution is 5.83. The number of hydrogen-bond acceptors (Lipinski definition) is 4. The molecular formula is C17H18N4. The molecule has 0 saturated carbocycles. The van der Waals surface area contributed by atoms with Crippen molar-refractivity contribution in [2.75, 3.05) is 7.05 Å². The maximum Gasteiger partial charge on any atom is 0.0726 e. The van der Waals surface area contributed by atoms with Crippen LogP contribution in [-0.4, -0.2) is 26.9 Å². The van der Waals surface area contributed by atoms with Crippen molar-refractivity contribution < 1.29 is 0 Å². The van der Waals surface area contributed by atoms with Crippen LogP contribution >= 0.6 is 0 Å². The Labute approximate surface area is 124 Å². The summed E-state index contributed by atoms with van der Waals surface area (Å²) in [4.78, 5) is 15.1. The average Bonchev–Trinajstić information content (AvgIpc) is 2.51. The van der Waals surface area contributed by atoms with Gasteiger partial charge in [-0.3, -0.25) is 19.9 Å². The van der Waals surface area contributed by atoms with E-state index in [1.54, 1.807) is 12.4 Å². The molecule has 4 nitrogen and oxygen atoms in total. The Morgan fingerprint density at radius 2 is 1.90 bits per heavy atom. The van der Waals surface area contributed by atoms with E-state index in [1.165, 1.54) is 16.5 Å². The first kappa shape index (κ1) is 13.6. The minimum Gasteiger partial charge on any atom is -0.296 e. The molecule has 0 aliphatic carbocycles. The Morgan fingerprint density at radius 3 is 2.71 bits per heavy atom. The third-order valence-corrected chi connectivity index (χ3v) is 3.61. The number of fused-ring (bicyclic) bond motifs is 1. The highest BCUT2D eigenvalue weighted by Gasteiger charge is 2.09. The van der Waals surface area contributed by atoms with E-state index in [1.807, 2.05) is 18.5 Å². The predicted molar refractivity (Wildman–Crippen MR) is 83.7 cm³/mol. The third-order valence-electron chi connectivity index (χ3n) is 3.61. The average molecular weight is 278 g/mol. The van der Waals surface area contributed by atoms with E-state index in [-0.39, 0.29) is 0 Å². The second-order valence-corrected chi connectivity index (χ2v) is 5.30. The largest absolute Gasteiger partial charge is 0.296 e. The molecule has 0 N–H and O–H groups in total. The van der Waals surface area contributed by atoms with Gasteiger partial charge in [-0.15, -0.1) is 0 Å². The van der Waals surface area contributed by atoms with Crippen LogP contribution in [0.3, 0.4) is 0 Å². The lowest BCUT2D eigenvalue weighted by Crippen LogP contribution is -2.19. The summed E-state index contributed by atoms with van der Waals surface area (Å²) in [6.07, 6.45) is 7.08. The molecule has 0 spiro atoms. The van der Waals surface area contributed by atoms with Crippen molar-refractivity contribution in [2.24, 2.45) is 0 Å². The minimum absolute atomic E-state index is 0.782. The number of nitrogens with zero attached hydrogens (tertiary/aromatic N) is 4. The summed E-state index contributed by atoms with van der Waals surface area (Å²) >= 11 is 0. The summed E-state index contributed by atoms with van der Waals surface area (Å²) in [5, 5.41) is 1.23. The van der Waals surface area contributed by atoms with Gasteiger partial charge >= 0.3 is 0 Å². The Bertz CT molecular complexity index is 740. The van der Waals surface area contributed by atoms with E-state index in [0.717, 1.165) is 24.3 Å². The van der Waals surface area contributed by atoms with Crippen LogP contribution < -0.4 is 0 Å². The molecule has 0 fully saturated rings. The van der Waals surface area contributed by atoms with Gasteiger partial charge in [0, 0.05) is 43.3 Å². The van der Waals surface area contributed by atoms with Crippen molar-refractivity contribution in [2.45, 2.75) is 20.0 Å². The zero-order valence-corrected chi connectivity index (χ0v) is 12.3. The fourth-order valence-corrected chi connectivity index (χ4v) is 2.55. The van der Waals surface area contributed by atoms with Gasteiger partial charge in [0.15, 0.2) is 0 Å². The van der Waals surface area contributed by atoms with Crippen LogP contribution in [0.5, 0.6) is 0 Å². The highest BCUT2D eigenvalue weighted by atomic mass is 15.1. The molecule has 0 unspecified atom stereocenters. The van der Waals surface area contributed by atoms with Crippen molar-refractivity contribution >= 4 is 10.9 Å². The lowest BCUT2D eigenvalue weighted by molar-refractivity contribution is 0.315. The van der Waals surface area contributed by atoms with Crippen LogP contribution in [0.2, 0.25) is 0 Å². The molecule has 21 heavy (non-hydrogen) atoms. The van der Waals surface area contributed by atoms with Crippen LogP contribution in [0.15, 0.2) is 49.1 Å². The maximum atomic E-state index is 4.43. The summed E-state index contributed by atoms with van der Waals surface area (Å²) in [5.41, 5.74) is 4.65. The van der Waals surface area contributed by atoms with Crippen LogP contribution in [-0.2, 0) is 13.1 Å². The Balaban J connectivity index is 1.86. The molecule has 0 saturated heterocycles. The van der Waals surface area contributed by atoms with Gasteiger partial charge in [-0.2, -0.15) is 0 Å². The summed E-state index contributed by atoms with van der Waals surface area (Å²) in [7, 11) is 2.10. The van der Waals surface area contributed by atoms with Crippen LogP contribution in [0, 0.1) is 6.92 Å². The van der Waals surface area contributed by atoms with Gasteiger partial charge in [0.05, 0.1) is 11.2 Å². The van der Waals surface area contributed by atoms with E-state index in [9.17, 15) is 0 Å². The number of hydrogen-bond donors (Lipinski definition) is 0. The Morgan fingerprint density at radius 1 is 1.00 bits per heavy atom. The van der Waals surface area contributed by atoms with Crippen LogP contribution in [0.1, 0.15) is 16.8 Å². The minimum atomic E-state index is 0.782. The van der Waals surface area contributed by atoms with Crippen molar-refractivity contribution in [3.63, 3.8) is 0 Å². The topological polar surface area (TPSA) is 41.9 Å². The number of pyridine rings is 1. The number of rotatable bonds is 4. The first-order chi connectivity index (χ1) is 10.2. The Hall–Kier alpha value is -2.33. The smallest absolute Gasteiger partial charge is 0.0726 e. The zero-order chi connectivity index (χ0) is 14.7. The molecule has 4 heteroatoms. The van der Waals surface area contributed by atoms with E-state index in [2.05, 4.69) is 52.0 Å². The van der Waals surface area contributed by atoms with E-state index in [4.69, 9.17) is 0 Å². The maximum absolute atomic E-state index is 4.43. The molecule has 106 valence electrons. The van der Waals surface area contributed by atoms with Gasteiger partial charge in [0.25, 0.3) is 0 Å². The standard InChI is InChI=1S/C17H18N4/c1-13-5-6-17-15(4-3-7-20-17)16(13)12-21(2)11-14-10-18-8-9-19-14/h3-10H,11-12H2,1-2H3. The molecule has 2 aromatic heterocycles. The third kappa shape index (κ3) is 3.06. The quantitative estimate of drug-likeness (QED) is 0.736. The number of aromatic nitrogens is 3. The SMILES string of the molecule is Cc1ccc2ncccc2c1CN(C)Cc1cnccn1. The lowest BCUT2D eigenvalue weighted by atomic mass is 10.0. The summed E-state index contributed by atoms with van der Waals surface area (Å²) < 4.78 is 0. The molecule has 0 amide bonds. The van der Waals surface area contributed by atoms with Gasteiger partial charge < -0.3 is 0 Å². The van der Waals surface area contributed by atoms with Crippen molar-refractivity contribution in [3.05, 3.63) is 65.9 Å². The predicted octanol–water partition coefficient (Wildman–Crippen LogP) is 2.97. The van der Waals surface area contributed by atoms with Crippen molar-refractivity contribution in [3.8, 4) is 0 Å². The first-order valence-corrected chi connectivity index (χ1v) is 7.00. The summed E-state index contributed by atoms with van der Waals surface area (Å²) in [5.74, 6) is 0. The normalized spacial score (nSPS) is 11.2. The second-order valence-electron chi connectivity index (χ2n) is 5.30. The van der Waals surface area contributed by atoms with Crippen molar-refractivity contribution in [1.29, 1.82) is 0 Å². The molecule has 1 aromatic carbocycles. The highest BCUT2D eigenvalue weighted by Crippen LogP contribution is 2.22. The monoisotopic (exact) mass is 278 g/mol. The molecule has 3 aromatic rings. The molecule has 0 aliphatic rings. The van der Waals surface area contributed by atoms with Gasteiger partial charge in [-0.25, -0.2) is 0 Å². The molecule has 0 atom stereocenters. The molecule has 3 rings (SSSR count). The second kappa shape index (κ2) is 5.97. The molecule has 0 bridgehead atoms. The summed E-state index contributed by atoms with van der Waals surface area (Å²) in [6, 6.07) is 8.35. The molecular weight excluding hydrogens is 260 g/mol. The van der Waals surface area contributed by atoms with Crippen molar-refractivity contribution in [1.82, 2.24) is 19.9 Å². The number of aryl methyl sites for hydroxylation is 1.